The van der Waals surface area contributed by atoms with Crippen LogP contribution in [0.4, 0.5) is 0 Å². The lowest BCUT2D eigenvalue weighted by atomic mass is 9.93. The maximum atomic E-state index is 13.2. The fourth-order valence-electron chi connectivity index (χ4n) is 3.78. The van der Waals surface area contributed by atoms with Crippen LogP contribution < -0.4 is 5.56 Å². The van der Waals surface area contributed by atoms with Gasteiger partial charge in [0.15, 0.2) is 0 Å². The highest BCUT2D eigenvalue weighted by Gasteiger charge is 2.30. The molecule has 0 unspecified atom stereocenters. The van der Waals surface area contributed by atoms with E-state index in [1.54, 1.807) is 17.7 Å². The molecule has 1 aliphatic rings. The van der Waals surface area contributed by atoms with Crippen LogP contribution >= 0.6 is 0 Å². The first-order chi connectivity index (χ1) is 12.9. The molecule has 2 aromatic rings. The standard InChI is InChI=1S/C22H29N3O2/c1-16-8-13-19(21(26)24(16)4)22(27)25-14-6-5-7-20(25)18-11-9-17(10-12-18)15-23(2)3/h8-13,20H,5-7,14-15H2,1-4H3/t20-/m0/s1. The number of aromatic nitrogens is 1. The van der Waals surface area contributed by atoms with E-state index in [9.17, 15) is 9.59 Å². The van der Waals surface area contributed by atoms with Crippen LogP contribution in [-0.2, 0) is 13.6 Å². The molecule has 0 bridgehead atoms. The average Bonchev–Trinajstić information content (AvgIpc) is 2.66. The number of aryl methyl sites for hydroxylation is 1. The molecule has 0 saturated carbocycles. The molecular formula is C22H29N3O2. The normalized spacial score (nSPS) is 17.4. The summed E-state index contributed by atoms with van der Waals surface area (Å²) in [4.78, 5) is 29.8. The Kier molecular flexibility index (Phi) is 5.80. The second-order valence-electron chi connectivity index (χ2n) is 7.74. The lowest BCUT2D eigenvalue weighted by Crippen LogP contribution is -2.41. The van der Waals surface area contributed by atoms with Gasteiger partial charge in [0.25, 0.3) is 11.5 Å². The monoisotopic (exact) mass is 367 g/mol. The Balaban J connectivity index is 1.88. The van der Waals surface area contributed by atoms with Crippen molar-refractivity contribution in [3.8, 4) is 0 Å². The molecule has 1 aromatic heterocycles. The molecule has 5 heteroatoms. The maximum absolute atomic E-state index is 13.2. The molecule has 3 rings (SSSR count). The number of hydrogen-bond donors (Lipinski definition) is 0. The molecule has 27 heavy (non-hydrogen) atoms. The van der Waals surface area contributed by atoms with Crippen molar-refractivity contribution in [3.63, 3.8) is 0 Å². The Morgan fingerprint density at radius 2 is 1.81 bits per heavy atom. The first-order valence-electron chi connectivity index (χ1n) is 9.59. The van der Waals surface area contributed by atoms with E-state index in [0.717, 1.165) is 37.1 Å². The smallest absolute Gasteiger partial charge is 0.263 e. The lowest BCUT2D eigenvalue weighted by molar-refractivity contribution is 0.0609. The quantitative estimate of drug-likeness (QED) is 0.834. The van der Waals surface area contributed by atoms with Gasteiger partial charge in [-0.3, -0.25) is 9.59 Å². The number of nitrogens with zero attached hydrogens (tertiary/aromatic N) is 3. The van der Waals surface area contributed by atoms with E-state index >= 15 is 0 Å². The molecule has 1 aliphatic heterocycles. The van der Waals surface area contributed by atoms with Crippen LogP contribution in [0.15, 0.2) is 41.2 Å². The Hall–Kier alpha value is -2.40. The number of carbonyl (C=O) groups is 1. The van der Waals surface area contributed by atoms with E-state index < -0.39 is 0 Å². The second kappa shape index (κ2) is 8.09. The highest BCUT2D eigenvalue weighted by Crippen LogP contribution is 2.32. The van der Waals surface area contributed by atoms with Crippen LogP contribution in [0.2, 0.25) is 0 Å². The van der Waals surface area contributed by atoms with E-state index in [0.29, 0.717) is 6.54 Å². The Labute approximate surface area is 161 Å². The summed E-state index contributed by atoms with van der Waals surface area (Å²) in [5.74, 6) is -0.155. The number of hydrogen-bond acceptors (Lipinski definition) is 3. The molecule has 1 fully saturated rings. The minimum atomic E-state index is -0.217. The summed E-state index contributed by atoms with van der Waals surface area (Å²) < 4.78 is 1.54. The summed E-state index contributed by atoms with van der Waals surface area (Å²) in [7, 11) is 5.82. The Bertz CT molecular complexity index is 868. The third-order valence-electron chi connectivity index (χ3n) is 5.41. The molecule has 144 valence electrons. The number of pyridine rings is 1. The number of amides is 1. The number of rotatable bonds is 4. The van der Waals surface area contributed by atoms with Gasteiger partial charge in [0.05, 0.1) is 6.04 Å². The number of likely N-dealkylation sites (tertiary alicyclic amines) is 1. The molecule has 5 nitrogen and oxygen atoms in total. The Morgan fingerprint density at radius 3 is 2.48 bits per heavy atom. The average molecular weight is 367 g/mol. The van der Waals surface area contributed by atoms with Gasteiger partial charge >= 0.3 is 0 Å². The molecule has 1 aromatic carbocycles. The zero-order valence-corrected chi connectivity index (χ0v) is 16.7. The Morgan fingerprint density at radius 1 is 1.11 bits per heavy atom. The van der Waals surface area contributed by atoms with Crippen molar-refractivity contribution in [2.45, 2.75) is 38.8 Å². The van der Waals surface area contributed by atoms with E-state index in [1.165, 1.54) is 5.56 Å². The van der Waals surface area contributed by atoms with Crippen molar-refractivity contribution in [1.29, 1.82) is 0 Å². The van der Waals surface area contributed by atoms with Gasteiger partial charge in [0.1, 0.15) is 5.56 Å². The number of piperidine rings is 1. The lowest BCUT2D eigenvalue weighted by Gasteiger charge is -2.36. The van der Waals surface area contributed by atoms with Gasteiger partial charge in [0.2, 0.25) is 0 Å². The van der Waals surface area contributed by atoms with Crippen LogP contribution in [0.5, 0.6) is 0 Å². The molecule has 1 atom stereocenters. The van der Waals surface area contributed by atoms with Gasteiger partial charge in [-0.1, -0.05) is 24.3 Å². The van der Waals surface area contributed by atoms with E-state index in [2.05, 4.69) is 43.3 Å². The first-order valence-corrected chi connectivity index (χ1v) is 9.59. The van der Waals surface area contributed by atoms with Crippen LogP contribution in [0.3, 0.4) is 0 Å². The van der Waals surface area contributed by atoms with Gasteiger partial charge in [-0.15, -0.1) is 0 Å². The number of benzene rings is 1. The topological polar surface area (TPSA) is 45.6 Å². The molecule has 0 spiro atoms. The summed E-state index contributed by atoms with van der Waals surface area (Å²) in [6, 6.07) is 12.1. The van der Waals surface area contributed by atoms with Gasteiger partial charge in [0, 0.05) is 25.8 Å². The summed E-state index contributed by atoms with van der Waals surface area (Å²) in [6.45, 7) is 3.46. The van der Waals surface area contributed by atoms with Crippen LogP contribution in [-0.4, -0.2) is 40.9 Å². The summed E-state index contributed by atoms with van der Waals surface area (Å²) >= 11 is 0. The van der Waals surface area contributed by atoms with Crippen molar-refractivity contribution in [3.05, 3.63) is 69.1 Å². The first kappa shape index (κ1) is 19.4. The molecule has 1 amide bonds. The maximum Gasteiger partial charge on any atom is 0.263 e. The van der Waals surface area contributed by atoms with Crippen molar-refractivity contribution < 1.29 is 4.79 Å². The molecule has 0 aliphatic carbocycles. The minimum Gasteiger partial charge on any atom is -0.331 e. The van der Waals surface area contributed by atoms with E-state index in [1.807, 2.05) is 17.9 Å². The minimum absolute atomic E-state index is 0.0330. The van der Waals surface area contributed by atoms with Crippen LogP contribution in [0, 0.1) is 6.92 Å². The predicted octanol–water partition coefficient (Wildman–Crippen LogP) is 3.12. The molecular weight excluding hydrogens is 338 g/mol. The SMILES string of the molecule is Cc1ccc(C(=O)N2CCCC[C@H]2c2ccc(CN(C)C)cc2)c(=O)n1C. The van der Waals surface area contributed by atoms with Gasteiger partial charge in [-0.2, -0.15) is 0 Å². The fourth-order valence-corrected chi connectivity index (χ4v) is 3.78. The predicted molar refractivity (Wildman–Crippen MR) is 108 cm³/mol. The van der Waals surface area contributed by atoms with Crippen molar-refractivity contribution >= 4 is 5.91 Å². The highest BCUT2D eigenvalue weighted by molar-refractivity contribution is 5.94. The van der Waals surface area contributed by atoms with Crippen LogP contribution in [0.1, 0.15) is 52.5 Å². The van der Waals surface area contributed by atoms with Gasteiger partial charge in [-0.25, -0.2) is 0 Å². The molecule has 0 N–H and O–H groups in total. The summed E-state index contributed by atoms with van der Waals surface area (Å²) in [6.07, 6.45) is 3.01. The summed E-state index contributed by atoms with van der Waals surface area (Å²) in [5.41, 5.74) is 3.30. The van der Waals surface area contributed by atoms with E-state index in [4.69, 9.17) is 0 Å². The summed E-state index contributed by atoms with van der Waals surface area (Å²) in [5, 5.41) is 0. The van der Waals surface area contributed by atoms with Crippen molar-refractivity contribution in [2.24, 2.45) is 7.05 Å². The zero-order chi connectivity index (χ0) is 19.6. The van der Waals surface area contributed by atoms with Gasteiger partial charge in [-0.05, 0) is 63.5 Å². The number of carbonyl (C=O) groups excluding carboxylic acids is 1. The van der Waals surface area contributed by atoms with E-state index in [-0.39, 0.29) is 23.1 Å². The molecule has 2 heterocycles. The van der Waals surface area contributed by atoms with Crippen LogP contribution in [0.25, 0.3) is 0 Å². The zero-order valence-electron chi connectivity index (χ0n) is 16.7. The third kappa shape index (κ3) is 4.14. The van der Waals surface area contributed by atoms with Crippen molar-refractivity contribution in [2.75, 3.05) is 20.6 Å². The largest absolute Gasteiger partial charge is 0.331 e. The fraction of sp³-hybridized carbons (Fsp3) is 0.455. The third-order valence-corrected chi connectivity index (χ3v) is 5.41. The molecule has 1 saturated heterocycles. The van der Waals surface area contributed by atoms with Crippen molar-refractivity contribution in [1.82, 2.24) is 14.4 Å². The molecule has 0 radical (unpaired) electrons. The van der Waals surface area contributed by atoms with Gasteiger partial charge < -0.3 is 14.4 Å². The second-order valence-corrected chi connectivity index (χ2v) is 7.74. The highest BCUT2D eigenvalue weighted by atomic mass is 16.2.